The van der Waals surface area contributed by atoms with Crippen LogP contribution in [0.15, 0.2) is 4.99 Å². The van der Waals surface area contributed by atoms with Crippen LogP contribution < -0.4 is 10.6 Å². The smallest absolute Gasteiger partial charge is 0.191 e. The van der Waals surface area contributed by atoms with Gasteiger partial charge < -0.3 is 15.4 Å². The maximum atomic E-state index is 5.27. The van der Waals surface area contributed by atoms with Gasteiger partial charge in [-0.2, -0.15) is 0 Å². The van der Waals surface area contributed by atoms with Gasteiger partial charge in [-0.15, -0.1) is 0 Å². The van der Waals surface area contributed by atoms with Gasteiger partial charge in [0.05, 0.1) is 19.8 Å². The molecule has 124 valence electrons. The number of unbranched alkanes of at least 4 members (excludes halogenated alkanes) is 6. The van der Waals surface area contributed by atoms with Gasteiger partial charge in [0.1, 0.15) is 0 Å². The molecule has 4 heteroatoms. The molecule has 1 aliphatic heterocycles. The zero-order valence-electron chi connectivity index (χ0n) is 14.3. The van der Waals surface area contributed by atoms with Crippen molar-refractivity contribution < 1.29 is 4.74 Å². The van der Waals surface area contributed by atoms with Crippen LogP contribution in [0.25, 0.3) is 0 Å². The van der Waals surface area contributed by atoms with E-state index >= 15 is 0 Å². The molecule has 1 heterocycles. The molecule has 1 fully saturated rings. The summed E-state index contributed by atoms with van der Waals surface area (Å²) in [6.07, 6.45) is 9.42. The summed E-state index contributed by atoms with van der Waals surface area (Å²) in [5.74, 6) is 0.955. The molecule has 21 heavy (non-hydrogen) atoms. The van der Waals surface area contributed by atoms with Crippen molar-refractivity contribution in [3.05, 3.63) is 0 Å². The van der Waals surface area contributed by atoms with Crippen LogP contribution in [0, 0.1) is 5.41 Å². The van der Waals surface area contributed by atoms with E-state index in [1.165, 1.54) is 44.9 Å². The van der Waals surface area contributed by atoms with Gasteiger partial charge in [0.2, 0.25) is 0 Å². The van der Waals surface area contributed by atoms with Crippen LogP contribution in [0.1, 0.15) is 65.7 Å². The lowest BCUT2D eigenvalue weighted by Crippen LogP contribution is -2.44. The van der Waals surface area contributed by atoms with Gasteiger partial charge in [0.15, 0.2) is 5.96 Å². The minimum Gasteiger partial charge on any atom is -0.380 e. The molecule has 1 rings (SSSR count). The third-order valence-electron chi connectivity index (χ3n) is 3.94. The van der Waals surface area contributed by atoms with E-state index in [2.05, 4.69) is 36.4 Å². The minimum absolute atomic E-state index is 0.252. The highest BCUT2D eigenvalue weighted by Gasteiger charge is 2.33. The van der Waals surface area contributed by atoms with E-state index in [4.69, 9.17) is 4.74 Å². The Morgan fingerprint density at radius 2 is 1.67 bits per heavy atom. The molecule has 4 nitrogen and oxygen atoms in total. The molecule has 0 aromatic rings. The molecule has 0 unspecified atom stereocenters. The van der Waals surface area contributed by atoms with Crippen LogP contribution >= 0.6 is 0 Å². The van der Waals surface area contributed by atoms with Gasteiger partial charge in [-0.1, -0.05) is 52.4 Å². The van der Waals surface area contributed by atoms with E-state index in [0.29, 0.717) is 0 Å². The molecule has 0 atom stereocenters. The van der Waals surface area contributed by atoms with Gasteiger partial charge in [-0.25, -0.2) is 0 Å². The molecule has 0 aliphatic carbocycles. The Balaban J connectivity index is 2.08. The molecule has 0 radical (unpaired) electrons. The number of ether oxygens (including phenoxy) is 1. The second-order valence-electron chi connectivity index (χ2n) is 6.55. The first kappa shape index (κ1) is 18.3. The summed E-state index contributed by atoms with van der Waals surface area (Å²) in [5, 5.41) is 6.76. The minimum atomic E-state index is 0.252. The van der Waals surface area contributed by atoms with Gasteiger partial charge in [0.25, 0.3) is 0 Å². The lowest BCUT2D eigenvalue weighted by molar-refractivity contribution is -0.0945. The number of hydrogen-bond acceptors (Lipinski definition) is 2. The average molecular weight is 297 g/mol. The first-order valence-electron chi connectivity index (χ1n) is 8.80. The van der Waals surface area contributed by atoms with Crippen molar-refractivity contribution in [1.82, 2.24) is 10.6 Å². The quantitative estimate of drug-likeness (QED) is 0.349. The number of rotatable bonds is 11. The number of aliphatic imine (C=N–C) groups is 1. The largest absolute Gasteiger partial charge is 0.380 e. The molecule has 1 aliphatic rings. The van der Waals surface area contributed by atoms with E-state index < -0.39 is 0 Å². The standard InChI is InChI=1S/C17H35N3O/c1-4-6-7-8-9-10-11-12-19-16(18-5-2)20-13-17(3)14-21-15-17/h4-15H2,1-3H3,(H2,18,19,20). The summed E-state index contributed by atoms with van der Waals surface area (Å²) >= 11 is 0. The van der Waals surface area contributed by atoms with E-state index in [0.717, 1.165) is 38.8 Å². The Kier molecular flexibility index (Phi) is 9.48. The van der Waals surface area contributed by atoms with E-state index in [1.807, 2.05) is 0 Å². The van der Waals surface area contributed by atoms with E-state index in [9.17, 15) is 0 Å². The Labute approximate surface area is 131 Å². The van der Waals surface area contributed by atoms with Gasteiger partial charge in [-0.05, 0) is 13.3 Å². The van der Waals surface area contributed by atoms with Gasteiger partial charge in [-0.3, -0.25) is 4.99 Å². The summed E-state index contributed by atoms with van der Waals surface area (Å²) < 4.78 is 5.27. The highest BCUT2D eigenvalue weighted by molar-refractivity contribution is 5.79. The van der Waals surface area contributed by atoms with E-state index in [1.54, 1.807) is 0 Å². The Bertz CT molecular complexity index is 288. The zero-order chi connectivity index (χ0) is 15.4. The molecular weight excluding hydrogens is 262 g/mol. The van der Waals surface area contributed by atoms with Crippen molar-refractivity contribution >= 4 is 5.96 Å². The molecule has 0 spiro atoms. The zero-order valence-corrected chi connectivity index (χ0v) is 14.3. The Morgan fingerprint density at radius 1 is 1.00 bits per heavy atom. The number of hydrogen-bond donors (Lipinski definition) is 2. The third kappa shape index (κ3) is 8.30. The predicted molar refractivity (Wildman–Crippen MR) is 90.9 cm³/mol. The van der Waals surface area contributed by atoms with Crippen molar-refractivity contribution in [3.8, 4) is 0 Å². The lowest BCUT2D eigenvalue weighted by atomic mass is 9.89. The molecular formula is C17H35N3O. The van der Waals surface area contributed by atoms with Gasteiger partial charge in [0, 0.05) is 18.5 Å². The molecule has 2 N–H and O–H groups in total. The second-order valence-corrected chi connectivity index (χ2v) is 6.55. The summed E-state index contributed by atoms with van der Waals surface area (Å²) in [4.78, 5) is 4.68. The number of nitrogens with zero attached hydrogens (tertiary/aromatic N) is 1. The van der Waals surface area contributed by atoms with Crippen molar-refractivity contribution in [2.45, 2.75) is 65.7 Å². The normalized spacial score (nSPS) is 17.4. The van der Waals surface area contributed by atoms with Crippen molar-refractivity contribution in [1.29, 1.82) is 0 Å². The van der Waals surface area contributed by atoms with Crippen molar-refractivity contribution in [3.63, 3.8) is 0 Å². The average Bonchev–Trinajstić information content (AvgIpc) is 2.45. The highest BCUT2D eigenvalue weighted by Crippen LogP contribution is 2.26. The van der Waals surface area contributed by atoms with Crippen LogP contribution in [-0.4, -0.2) is 38.8 Å². The van der Waals surface area contributed by atoms with Crippen LogP contribution in [0.5, 0.6) is 0 Å². The fourth-order valence-corrected chi connectivity index (χ4v) is 2.44. The molecule has 0 bridgehead atoms. The van der Waals surface area contributed by atoms with Crippen molar-refractivity contribution in [2.75, 3.05) is 32.8 Å². The van der Waals surface area contributed by atoms with Crippen LogP contribution in [0.2, 0.25) is 0 Å². The molecule has 0 saturated carbocycles. The van der Waals surface area contributed by atoms with Crippen LogP contribution in [0.3, 0.4) is 0 Å². The van der Waals surface area contributed by atoms with E-state index in [-0.39, 0.29) is 5.41 Å². The lowest BCUT2D eigenvalue weighted by Gasteiger charge is -2.36. The third-order valence-corrected chi connectivity index (χ3v) is 3.94. The van der Waals surface area contributed by atoms with Crippen molar-refractivity contribution in [2.24, 2.45) is 10.4 Å². The number of guanidine groups is 1. The fraction of sp³-hybridized carbons (Fsp3) is 0.941. The topological polar surface area (TPSA) is 45.7 Å². The summed E-state index contributed by atoms with van der Waals surface area (Å²) in [6, 6.07) is 0. The Morgan fingerprint density at radius 3 is 2.24 bits per heavy atom. The first-order valence-corrected chi connectivity index (χ1v) is 8.80. The number of nitrogens with one attached hydrogen (secondary N) is 2. The molecule has 0 amide bonds. The van der Waals surface area contributed by atoms with Gasteiger partial charge >= 0.3 is 0 Å². The highest BCUT2D eigenvalue weighted by atomic mass is 16.5. The summed E-state index contributed by atoms with van der Waals surface area (Å²) in [5.41, 5.74) is 0.252. The molecule has 0 aromatic heterocycles. The fourth-order valence-electron chi connectivity index (χ4n) is 2.44. The van der Waals surface area contributed by atoms with Crippen LogP contribution in [-0.2, 0) is 4.74 Å². The predicted octanol–water partition coefficient (Wildman–Crippen LogP) is 3.33. The summed E-state index contributed by atoms with van der Waals surface area (Å²) in [7, 11) is 0. The SMILES string of the molecule is CCCCCCCCCNC(=NCC1(C)COC1)NCC. The first-order chi connectivity index (χ1) is 10.2. The molecule has 1 saturated heterocycles. The maximum Gasteiger partial charge on any atom is 0.191 e. The molecule has 0 aromatic carbocycles. The monoisotopic (exact) mass is 297 g/mol. The Hall–Kier alpha value is -0.770. The maximum absolute atomic E-state index is 5.27. The van der Waals surface area contributed by atoms with Crippen LogP contribution in [0.4, 0.5) is 0 Å². The summed E-state index contributed by atoms with van der Waals surface area (Å²) in [6.45, 7) is 11.1. The second kappa shape index (κ2) is 10.9.